The molecule has 2 aromatic carbocycles. The van der Waals surface area contributed by atoms with Gasteiger partial charge in [-0.05, 0) is 54.7 Å². The lowest BCUT2D eigenvalue weighted by atomic mass is 9.72. The van der Waals surface area contributed by atoms with Gasteiger partial charge in [-0.2, -0.15) is 5.26 Å². The van der Waals surface area contributed by atoms with Gasteiger partial charge in [0.2, 0.25) is 0 Å². The summed E-state index contributed by atoms with van der Waals surface area (Å²) in [4.78, 5) is 24.9. The van der Waals surface area contributed by atoms with E-state index in [2.05, 4.69) is 11.4 Å². The summed E-state index contributed by atoms with van der Waals surface area (Å²) in [6.45, 7) is 3.16. The largest absolute Gasteiger partial charge is 0.493 e. The predicted molar refractivity (Wildman–Crippen MR) is 124 cm³/mol. The zero-order chi connectivity index (χ0) is 23.7. The number of ether oxygens (including phenoxy) is 2. The Morgan fingerprint density at radius 3 is 2.45 bits per heavy atom. The fourth-order valence-corrected chi connectivity index (χ4v) is 4.72. The molecule has 33 heavy (non-hydrogen) atoms. The molecule has 0 bridgehead atoms. The number of hydrogen-bond donors (Lipinski definition) is 1. The van der Waals surface area contributed by atoms with Gasteiger partial charge in [0, 0.05) is 35.3 Å². The molecular weight excluding hydrogens is 440 g/mol. The Morgan fingerprint density at radius 2 is 1.82 bits per heavy atom. The molecule has 1 aliphatic carbocycles. The number of hydrogen-bond acceptors (Lipinski definition) is 6. The van der Waals surface area contributed by atoms with Gasteiger partial charge in [0.25, 0.3) is 0 Å². The second kappa shape index (κ2) is 9.13. The van der Waals surface area contributed by atoms with Gasteiger partial charge >= 0.3 is 5.97 Å². The van der Waals surface area contributed by atoms with Crippen molar-refractivity contribution in [3.05, 3.63) is 81.2 Å². The number of rotatable bonds is 4. The summed E-state index contributed by atoms with van der Waals surface area (Å²) in [7, 11) is 1.48. The average molecular weight is 463 g/mol. The summed E-state index contributed by atoms with van der Waals surface area (Å²) in [6, 6.07) is 15.0. The Bertz CT molecular complexity index is 1240. The number of benzene rings is 2. The third kappa shape index (κ3) is 4.37. The quantitative estimate of drug-likeness (QED) is 0.498. The molecule has 0 amide bonds. The monoisotopic (exact) mass is 462 g/mol. The number of esters is 1. The fraction of sp³-hybridized carbons (Fsp3) is 0.269. The topological polar surface area (TPSA) is 88.4 Å². The molecule has 1 N–H and O–H groups in total. The van der Waals surface area contributed by atoms with Crippen LogP contribution in [0.1, 0.15) is 49.7 Å². The normalized spacial score (nSPS) is 20.0. The van der Waals surface area contributed by atoms with E-state index in [-0.39, 0.29) is 17.5 Å². The van der Waals surface area contributed by atoms with Crippen molar-refractivity contribution in [1.82, 2.24) is 5.32 Å². The van der Waals surface area contributed by atoms with Gasteiger partial charge in [0.1, 0.15) is 0 Å². The molecule has 0 saturated heterocycles. The maximum absolute atomic E-state index is 13.4. The molecule has 1 aliphatic heterocycles. The van der Waals surface area contributed by atoms with Crippen LogP contribution >= 0.6 is 11.6 Å². The molecule has 2 atom stereocenters. The highest BCUT2D eigenvalue weighted by atomic mass is 35.5. The van der Waals surface area contributed by atoms with Crippen LogP contribution in [0.3, 0.4) is 0 Å². The van der Waals surface area contributed by atoms with E-state index >= 15 is 0 Å². The second-order valence-electron chi connectivity index (χ2n) is 8.18. The number of nitrogens with one attached hydrogen (secondary N) is 1. The van der Waals surface area contributed by atoms with Crippen LogP contribution in [0.15, 0.2) is 65.0 Å². The van der Waals surface area contributed by atoms with Crippen molar-refractivity contribution < 1.29 is 19.1 Å². The van der Waals surface area contributed by atoms with Gasteiger partial charge < -0.3 is 14.8 Å². The van der Waals surface area contributed by atoms with Crippen LogP contribution in [0.5, 0.6) is 11.5 Å². The van der Waals surface area contributed by atoms with Gasteiger partial charge in [-0.3, -0.25) is 9.59 Å². The molecule has 0 spiro atoms. The van der Waals surface area contributed by atoms with Gasteiger partial charge in [0.15, 0.2) is 17.3 Å². The minimum atomic E-state index is -0.523. The number of allylic oxidation sites excluding steroid dienone is 4. The first-order chi connectivity index (χ1) is 15.8. The van der Waals surface area contributed by atoms with Gasteiger partial charge in [0.05, 0.1) is 24.7 Å². The Morgan fingerprint density at radius 1 is 1.12 bits per heavy atom. The van der Waals surface area contributed by atoms with Crippen LogP contribution < -0.4 is 14.8 Å². The molecule has 168 valence electrons. The Hall–Kier alpha value is -3.56. The molecule has 0 radical (unpaired) electrons. The van der Waals surface area contributed by atoms with Crippen molar-refractivity contribution in [1.29, 1.82) is 5.26 Å². The van der Waals surface area contributed by atoms with E-state index in [1.54, 1.807) is 18.2 Å². The van der Waals surface area contributed by atoms with Crippen molar-refractivity contribution in [2.24, 2.45) is 0 Å². The number of ketones is 1. The predicted octanol–water partition coefficient (Wildman–Crippen LogP) is 5.16. The Labute approximate surface area is 197 Å². The molecule has 4 rings (SSSR count). The zero-order valence-electron chi connectivity index (χ0n) is 18.6. The summed E-state index contributed by atoms with van der Waals surface area (Å²) in [5.74, 6) is -0.312. The highest BCUT2D eigenvalue weighted by molar-refractivity contribution is 6.30. The molecule has 0 aromatic heterocycles. The minimum Gasteiger partial charge on any atom is -0.493 e. The maximum Gasteiger partial charge on any atom is 0.308 e. The van der Waals surface area contributed by atoms with E-state index in [4.69, 9.17) is 21.1 Å². The third-order valence-corrected chi connectivity index (χ3v) is 6.32. The second-order valence-corrected chi connectivity index (χ2v) is 8.62. The van der Waals surface area contributed by atoms with Crippen molar-refractivity contribution in [2.45, 2.75) is 38.5 Å². The van der Waals surface area contributed by atoms with Crippen LogP contribution in [0.25, 0.3) is 0 Å². The van der Waals surface area contributed by atoms with E-state index in [0.29, 0.717) is 40.5 Å². The van der Waals surface area contributed by atoms with Crippen LogP contribution in [0.4, 0.5) is 0 Å². The number of Topliss-reactive ketones (excluding diaryl/α,β-unsaturated/α-hetero) is 1. The third-order valence-electron chi connectivity index (χ3n) is 6.06. The van der Waals surface area contributed by atoms with E-state index < -0.39 is 11.9 Å². The van der Waals surface area contributed by atoms with Crippen molar-refractivity contribution >= 4 is 23.4 Å². The number of dihydropyridines is 1. The lowest BCUT2D eigenvalue weighted by Crippen LogP contribution is -2.33. The molecule has 2 aromatic rings. The molecule has 0 saturated carbocycles. The Kier molecular flexibility index (Phi) is 6.26. The molecule has 2 aliphatic rings. The molecular formula is C26H23ClN2O4. The fourth-order valence-electron chi connectivity index (χ4n) is 4.59. The van der Waals surface area contributed by atoms with E-state index in [0.717, 1.165) is 16.8 Å². The first-order valence-electron chi connectivity index (χ1n) is 10.6. The van der Waals surface area contributed by atoms with E-state index in [1.807, 2.05) is 31.2 Å². The van der Waals surface area contributed by atoms with Gasteiger partial charge in [-0.25, -0.2) is 0 Å². The van der Waals surface area contributed by atoms with Crippen LogP contribution in [-0.2, 0) is 9.59 Å². The van der Waals surface area contributed by atoms with Crippen molar-refractivity contribution in [3.63, 3.8) is 0 Å². The standard InChI is InChI=1S/C26H23ClN2O4/c1-14-20(13-28)25(17-6-9-23(33-15(2)30)24(12-17)32-3)26-21(29-14)10-18(11-22(26)31)16-4-7-19(27)8-5-16/h4-9,12,18,25,29H,10-11H2,1-3H3/t18-,25-/m1/s1. The lowest BCUT2D eigenvalue weighted by Gasteiger charge is -2.35. The number of methoxy groups -OCH3 is 1. The van der Waals surface area contributed by atoms with Gasteiger partial charge in [-0.15, -0.1) is 0 Å². The highest BCUT2D eigenvalue weighted by Crippen LogP contribution is 2.46. The van der Waals surface area contributed by atoms with Crippen LogP contribution in [-0.4, -0.2) is 18.9 Å². The zero-order valence-corrected chi connectivity index (χ0v) is 19.3. The van der Waals surface area contributed by atoms with E-state index in [1.165, 1.54) is 14.0 Å². The molecule has 1 heterocycles. The molecule has 0 fully saturated rings. The number of nitrogens with zero attached hydrogens (tertiary/aromatic N) is 1. The molecule has 0 unspecified atom stereocenters. The van der Waals surface area contributed by atoms with Crippen molar-refractivity contribution in [2.75, 3.05) is 7.11 Å². The number of carbonyl (C=O) groups is 2. The number of halogens is 1. The average Bonchev–Trinajstić information content (AvgIpc) is 2.78. The van der Waals surface area contributed by atoms with E-state index in [9.17, 15) is 14.9 Å². The van der Waals surface area contributed by atoms with Crippen LogP contribution in [0.2, 0.25) is 5.02 Å². The lowest BCUT2D eigenvalue weighted by molar-refractivity contribution is -0.132. The summed E-state index contributed by atoms with van der Waals surface area (Å²) >= 11 is 6.03. The smallest absolute Gasteiger partial charge is 0.308 e. The summed E-state index contributed by atoms with van der Waals surface area (Å²) in [6.07, 6.45) is 0.997. The molecule has 7 heteroatoms. The minimum absolute atomic E-state index is 0.00280. The molecule has 6 nitrogen and oxygen atoms in total. The summed E-state index contributed by atoms with van der Waals surface area (Å²) in [5.41, 5.74) is 4.41. The van der Waals surface area contributed by atoms with Gasteiger partial charge in [-0.1, -0.05) is 29.8 Å². The first kappa shape index (κ1) is 22.6. The van der Waals surface area contributed by atoms with Crippen molar-refractivity contribution in [3.8, 4) is 17.6 Å². The van der Waals surface area contributed by atoms with Crippen LogP contribution in [0, 0.1) is 11.3 Å². The number of carbonyl (C=O) groups excluding carboxylic acids is 2. The number of nitriles is 1. The highest BCUT2D eigenvalue weighted by Gasteiger charge is 2.39. The SMILES string of the molecule is COc1cc([C@@H]2C(C#N)=C(C)NC3=C2C(=O)C[C@H](c2ccc(Cl)cc2)C3)ccc1OC(C)=O. The maximum atomic E-state index is 13.4. The summed E-state index contributed by atoms with van der Waals surface area (Å²) < 4.78 is 10.6. The first-order valence-corrected chi connectivity index (χ1v) is 11.0. The Balaban J connectivity index is 1.77. The summed E-state index contributed by atoms with van der Waals surface area (Å²) in [5, 5.41) is 13.9.